The van der Waals surface area contributed by atoms with Crippen LogP contribution in [0.4, 0.5) is 17.1 Å². The zero-order valence-electron chi connectivity index (χ0n) is 14.9. The Morgan fingerprint density at radius 2 is 1.81 bits per heavy atom. The van der Waals surface area contributed by atoms with Crippen LogP contribution in [0, 0.1) is 0 Å². The van der Waals surface area contributed by atoms with Gasteiger partial charge in [0.2, 0.25) is 15.9 Å². The van der Waals surface area contributed by atoms with Crippen LogP contribution in [0.1, 0.15) is 30.1 Å². The summed E-state index contributed by atoms with van der Waals surface area (Å²) in [6, 6.07) is 13.4. The van der Waals surface area contributed by atoms with Gasteiger partial charge in [-0.2, -0.15) is 0 Å². The molecular weight excluding hydrogens is 366 g/mol. The second-order valence-corrected chi connectivity index (χ2v) is 8.25. The molecule has 2 aromatic rings. The van der Waals surface area contributed by atoms with E-state index in [1.54, 1.807) is 54.3 Å². The first-order chi connectivity index (χ1) is 12.9. The third kappa shape index (κ3) is 4.65. The van der Waals surface area contributed by atoms with Crippen LogP contribution < -0.4 is 14.9 Å². The van der Waals surface area contributed by atoms with Gasteiger partial charge in [0.25, 0.3) is 5.91 Å². The summed E-state index contributed by atoms with van der Waals surface area (Å²) in [4.78, 5) is 26.1. The van der Waals surface area contributed by atoms with Gasteiger partial charge in [0.1, 0.15) is 0 Å². The summed E-state index contributed by atoms with van der Waals surface area (Å²) in [7, 11) is -3.34. The third-order valence-corrected chi connectivity index (χ3v) is 5.60. The predicted molar refractivity (Wildman–Crippen MR) is 106 cm³/mol. The Bertz CT molecular complexity index is 955. The topological polar surface area (TPSA) is 95.6 Å². The molecule has 27 heavy (non-hydrogen) atoms. The minimum Gasteiger partial charge on any atom is -0.322 e. The first-order valence-corrected chi connectivity index (χ1v) is 10.4. The lowest BCUT2D eigenvalue weighted by Crippen LogP contribution is -2.24. The van der Waals surface area contributed by atoms with E-state index in [0.717, 1.165) is 12.1 Å². The molecule has 1 saturated heterocycles. The van der Waals surface area contributed by atoms with Crippen molar-refractivity contribution in [1.29, 1.82) is 0 Å². The summed E-state index contributed by atoms with van der Waals surface area (Å²) >= 11 is 0. The fourth-order valence-corrected chi connectivity index (χ4v) is 3.45. The monoisotopic (exact) mass is 387 g/mol. The van der Waals surface area contributed by atoms with E-state index in [-0.39, 0.29) is 17.6 Å². The van der Waals surface area contributed by atoms with Crippen LogP contribution in [0.5, 0.6) is 0 Å². The number of carbonyl (C=O) groups excluding carboxylic acids is 2. The highest BCUT2D eigenvalue weighted by Gasteiger charge is 2.22. The fourth-order valence-electron chi connectivity index (χ4n) is 2.81. The number of rotatable bonds is 6. The molecule has 2 N–H and O–H groups in total. The van der Waals surface area contributed by atoms with E-state index in [1.165, 1.54) is 0 Å². The van der Waals surface area contributed by atoms with Crippen LogP contribution in [-0.2, 0) is 14.8 Å². The molecule has 0 bridgehead atoms. The van der Waals surface area contributed by atoms with Gasteiger partial charge in [-0.15, -0.1) is 0 Å². The number of hydrogen-bond acceptors (Lipinski definition) is 4. The number of nitrogens with zero attached hydrogens (tertiary/aromatic N) is 1. The molecule has 0 unspecified atom stereocenters. The van der Waals surface area contributed by atoms with E-state index in [9.17, 15) is 18.0 Å². The number of hydrogen-bond donors (Lipinski definition) is 2. The number of sulfonamides is 1. The zero-order valence-corrected chi connectivity index (χ0v) is 15.8. The number of anilines is 3. The lowest BCUT2D eigenvalue weighted by atomic mass is 10.1. The van der Waals surface area contributed by atoms with Gasteiger partial charge in [0.15, 0.2) is 0 Å². The number of amides is 2. The molecule has 142 valence electrons. The molecule has 3 rings (SSSR count). The Morgan fingerprint density at radius 3 is 2.44 bits per heavy atom. The van der Waals surface area contributed by atoms with Crippen LogP contribution in [0.15, 0.2) is 48.5 Å². The maximum atomic E-state index is 12.5. The third-order valence-electron chi connectivity index (χ3n) is 4.29. The van der Waals surface area contributed by atoms with Gasteiger partial charge < -0.3 is 10.2 Å². The summed E-state index contributed by atoms with van der Waals surface area (Å²) < 4.78 is 25.6. The first-order valence-electron chi connectivity index (χ1n) is 8.70. The minimum atomic E-state index is -3.34. The summed E-state index contributed by atoms with van der Waals surface area (Å²) in [6.45, 7) is 2.22. The summed E-state index contributed by atoms with van der Waals surface area (Å²) in [5.74, 6) is -0.246. The first kappa shape index (κ1) is 18.9. The average Bonchev–Trinajstić information content (AvgIpc) is 3.09. The Morgan fingerprint density at radius 1 is 1.11 bits per heavy atom. The van der Waals surface area contributed by atoms with E-state index in [0.29, 0.717) is 29.9 Å². The van der Waals surface area contributed by atoms with E-state index >= 15 is 0 Å². The number of benzene rings is 2. The minimum absolute atomic E-state index is 0.0126. The maximum absolute atomic E-state index is 12.5. The number of nitrogens with one attached hydrogen (secondary N) is 2. The molecule has 1 heterocycles. The summed E-state index contributed by atoms with van der Waals surface area (Å²) in [5, 5.41) is 2.77. The molecule has 2 aromatic carbocycles. The zero-order chi connectivity index (χ0) is 19.4. The van der Waals surface area contributed by atoms with Crippen molar-refractivity contribution < 1.29 is 18.0 Å². The van der Waals surface area contributed by atoms with Gasteiger partial charge in [0.05, 0.1) is 5.75 Å². The molecule has 0 aliphatic carbocycles. The van der Waals surface area contributed by atoms with Crippen LogP contribution in [0.3, 0.4) is 0 Å². The average molecular weight is 387 g/mol. The van der Waals surface area contributed by atoms with Crippen LogP contribution in [0.25, 0.3) is 0 Å². The summed E-state index contributed by atoms with van der Waals surface area (Å²) in [6.07, 6.45) is 1.36. The van der Waals surface area contributed by atoms with Crippen molar-refractivity contribution in [2.45, 2.75) is 19.8 Å². The quantitative estimate of drug-likeness (QED) is 0.797. The van der Waals surface area contributed by atoms with Crippen molar-refractivity contribution >= 4 is 38.9 Å². The van der Waals surface area contributed by atoms with Crippen LogP contribution in [-0.4, -0.2) is 32.5 Å². The molecule has 1 fully saturated rings. The van der Waals surface area contributed by atoms with Gasteiger partial charge >= 0.3 is 0 Å². The van der Waals surface area contributed by atoms with Gasteiger partial charge in [-0.1, -0.05) is 6.07 Å². The van der Waals surface area contributed by atoms with Gasteiger partial charge in [-0.3, -0.25) is 14.3 Å². The second kappa shape index (κ2) is 7.79. The SMILES string of the molecule is CCS(=O)(=O)Nc1ccc(NC(=O)c2cccc(N3CCCC3=O)c2)cc1. The lowest BCUT2D eigenvalue weighted by Gasteiger charge is -2.16. The molecule has 2 amide bonds. The maximum Gasteiger partial charge on any atom is 0.255 e. The molecule has 0 aromatic heterocycles. The summed E-state index contributed by atoms with van der Waals surface area (Å²) in [5.41, 5.74) is 2.14. The lowest BCUT2D eigenvalue weighted by molar-refractivity contribution is -0.117. The molecule has 0 spiro atoms. The normalized spacial score (nSPS) is 14.3. The Kier molecular flexibility index (Phi) is 5.46. The smallest absolute Gasteiger partial charge is 0.255 e. The molecule has 8 heteroatoms. The van der Waals surface area contributed by atoms with Crippen molar-refractivity contribution in [3.63, 3.8) is 0 Å². The highest BCUT2D eigenvalue weighted by atomic mass is 32.2. The Hall–Kier alpha value is -2.87. The van der Waals surface area contributed by atoms with Gasteiger partial charge in [0, 0.05) is 35.6 Å². The number of carbonyl (C=O) groups is 2. The van der Waals surface area contributed by atoms with Crippen molar-refractivity contribution in [3.05, 3.63) is 54.1 Å². The van der Waals surface area contributed by atoms with Crippen LogP contribution >= 0.6 is 0 Å². The molecule has 0 radical (unpaired) electrons. The van der Waals surface area contributed by atoms with Crippen molar-refractivity contribution in [2.24, 2.45) is 0 Å². The standard InChI is InChI=1S/C19H21N3O4S/c1-2-27(25,26)21-16-10-8-15(9-11-16)20-19(24)14-5-3-6-17(13-14)22-12-4-7-18(22)23/h3,5-6,8-11,13,21H,2,4,7,12H2,1H3,(H,20,24). The van der Waals surface area contributed by atoms with Crippen molar-refractivity contribution in [2.75, 3.05) is 27.2 Å². The van der Waals surface area contributed by atoms with E-state index in [1.807, 2.05) is 6.07 Å². The predicted octanol–water partition coefficient (Wildman–Crippen LogP) is 2.83. The largest absolute Gasteiger partial charge is 0.322 e. The van der Waals surface area contributed by atoms with Crippen molar-refractivity contribution in [1.82, 2.24) is 0 Å². The highest BCUT2D eigenvalue weighted by molar-refractivity contribution is 7.92. The van der Waals surface area contributed by atoms with Gasteiger partial charge in [-0.05, 0) is 55.8 Å². The molecule has 0 saturated carbocycles. The fraction of sp³-hybridized carbons (Fsp3) is 0.263. The molecule has 1 aliphatic rings. The van der Waals surface area contributed by atoms with E-state index < -0.39 is 10.0 Å². The van der Waals surface area contributed by atoms with Crippen LogP contribution in [0.2, 0.25) is 0 Å². The second-order valence-electron chi connectivity index (χ2n) is 6.24. The molecule has 1 aliphatic heterocycles. The molecule has 7 nitrogen and oxygen atoms in total. The Balaban J connectivity index is 1.69. The van der Waals surface area contributed by atoms with E-state index in [4.69, 9.17) is 0 Å². The Labute approximate surface area is 158 Å². The molecular formula is C19H21N3O4S. The van der Waals surface area contributed by atoms with Gasteiger partial charge in [-0.25, -0.2) is 8.42 Å². The van der Waals surface area contributed by atoms with E-state index in [2.05, 4.69) is 10.0 Å². The molecule has 0 atom stereocenters. The highest BCUT2D eigenvalue weighted by Crippen LogP contribution is 2.23. The van der Waals surface area contributed by atoms with Crippen molar-refractivity contribution in [3.8, 4) is 0 Å².